The summed E-state index contributed by atoms with van der Waals surface area (Å²) in [5.41, 5.74) is 2.04. The number of hydrogen-bond acceptors (Lipinski definition) is 4. The van der Waals surface area contributed by atoms with Crippen molar-refractivity contribution in [2.24, 2.45) is 0 Å². The summed E-state index contributed by atoms with van der Waals surface area (Å²) in [4.78, 5) is 28.1. The average molecular weight is 577 g/mol. The van der Waals surface area contributed by atoms with Gasteiger partial charge in [0.25, 0.3) is 10.0 Å². The number of amides is 2. The second-order valence-electron chi connectivity index (χ2n) is 8.90. The number of carbonyl (C=O) groups is 2. The Morgan fingerprint density at radius 3 is 2.21 bits per heavy atom. The Kier molecular flexibility index (Phi) is 10.2. The number of nitrogens with zero attached hydrogens (tertiary/aromatic N) is 2. The molecule has 38 heavy (non-hydrogen) atoms. The fraction of sp³-hybridized carbons (Fsp3) is 0.286. The molecular formula is C28H31Cl2N3O4S. The van der Waals surface area contributed by atoms with Gasteiger partial charge in [-0.3, -0.25) is 13.9 Å². The van der Waals surface area contributed by atoms with Crippen LogP contribution in [0.1, 0.15) is 31.4 Å². The fourth-order valence-corrected chi connectivity index (χ4v) is 5.48. The molecule has 0 aliphatic heterocycles. The van der Waals surface area contributed by atoms with Crippen LogP contribution in [0.5, 0.6) is 0 Å². The molecule has 0 aliphatic carbocycles. The third-order valence-corrected chi connectivity index (χ3v) is 8.52. The summed E-state index contributed by atoms with van der Waals surface area (Å²) in [6.45, 7) is 5.56. The molecule has 0 unspecified atom stereocenters. The molecule has 1 atom stereocenters. The maximum atomic E-state index is 13.8. The average Bonchev–Trinajstić information content (AvgIpc) is 2.91. The van der Waals surface area contributed by atoms with Crippen LogP contribution in [0.2, 0.25) is 10.0 Å². The number of benzene rings is 3. The van der Waals surface area contributed by atoms with E-state index < -0.39 is 28.5 Å². The van der Waals surface area contributed by atoms with Crippen molar-refractivity contribution in [2.75, 3.05) is 17.4 Å². The van der Waals surface area contributed by atoms with E-state index in [0.717, 1.165) is 21.9 Å². The van der Waals surface area contributed by atoms with Gasteiger partial charge in [-0.1, -0.05) is 78.2 Å². The monoisotopic (exact) mass is 575 g/mol. The first kappa shape index (κ1) is 29.5. The van der Waals surface area contributed by atoms with Crippen LogP contribution < -0.4 is 9.62 Å². The van der Waals surface area contributed by atoms with Crippen LogP contribution in [0, 0.1) is 6.92 Å². The van der Waals surface area contributed by atoms with Crippen molar-refractivity contribution >= 4 is 50.7 Å². The van der Waals surface area contributed by atoms with Gasteiger partial charge in [-0.05, 0) is 56.2 Å². The minimum absolute atomic E-state index is 0.0118. The summed E-state index contributed by atoms with van der Waals surface area (Å²) in [6, 6.07) is 18.9. The summed E-state index contributed by atoms with van der Waals surface area (Å²) >= 11 is 12.3. The van der Waals surface area contributed by atoms with Gasteiger partial charge < -0.3 is 10.2 Å². The highest BCUT2D eigenvalue weighted by atomic mass is 35.5. The molecule has 0 radical (unpaired) electrons. The second-order valence-corrected chi connectivity index (χ2v) is 11.6. The minimum Gasteiger partial charge on any atom is -0.354 e. The second kappa shape index (κ2) is 13.1. The number of sulfonamides is 1. The molecular weight excluding hydrogens is 545 g/mol. The summed E-state index contributed by atoms with van der Waals surface area (Å²) in [5, 5.41) is 3.22. The lowest BCUT2D eigenvalue weighted by Gasteiger charge is -2.32. The Hall–Kier alpha value is -3.07. The zero-order chi connectivity index (χ0) is 27.9. The first-order valence-corrected chi connectivity index (χ1v) is 14.4. The molecule has 0 saturated heterocycles. The lowest BCUT2D eigenvalue weighted by molar-refractivity contribution is -0.139. The Morgan fingerprint density at radius 1 is 0.947 bits per heavy atom. The van der Waals surface area contributed by atoms with Crippen LogP contribution in [0.25, 0.3) is 0 Å². The molecule has 0 aromatic heterocycles. The zero-order valence-electron chi connectivity index (χ0n) is 21.5. The topological polar surface area (TPSA) is 86.8 Å². The van der Waals surface area contributed by atoms with Crippen LogP contribution in [0.4, 0.5) is 5.69 Å². The fourth-order valence-electron chi connectivity index (χ4n) is 3.76. The molecule has 0 fully saturated rings. The van der Waals surface area contributed by atoms with E-state index in [-0.39, 0.29) is 33.1 Å². The van der Waals surface area contributed by atoms with Crippen molar-refractivity contribution < 1.29 is 18.0 Å². The van der Waals surface area contributed by atoms with Gasteiger partial charge in [0.15, 0.2) is 0 Å². The predicted molar refractivity (Wildman–Crippen MR) is 152 cm³/mol. The van der Waals surface area contributed by atoms with Gasteiger partial charge >= 0.3 is 0 Å². The van der Waals surface area contributed by atoms with E-state index in [9.17, 15) is 18.0 Å². The molecule has 0 heterocycles. The molecule has 0 bridgehead atoms. The highest BCUT2D eigenvalue weighted by Crippen LogP contribution is 2.30. The largest absolute Gasteiger partial charge is 0.354 e. The molecule has 1 N–H and O–H groups in total. The molecule has 202 valence electrons. The molecule has 3 rings (SSSR count). The lowest BCUT2D eigenvalue weighted by Crippen LogP contribution is -2.51. The van der Waals surface area contributed by atoms with E-state index in [1.807, 2.05) is 38.1 Å². The van der Waals surface area contributed by atoms with E-state index in [0.29, 0.717) is 6.54 Å². The van der Waals surface area contributed by atoms with Crippen LogP contribution in [-0.4, -0.2) is 44.3 Å². The van der Waals surface area contributed by atoms with Crippen LogP contribution in [0.3, 0.4) is 0 Å². The van der Waals surface area contributed by atoms with Crippen molar-refractivity contribution in [3.05, 3.63) is 94.0 Å². The van der Waals surface area contributed by atoms with E-state index in [1.54, 1.807) is 25.1 Å². The van der Waals surface area contributed by atoms with Gasteiger partial charge in [-0.15, -0.1) is 0 Å². The summed E-state index contributed by atoms with van der Waals surface area (Å²) in [5.74, 6) is -0.866. The number of anilines is 1. The number of aryl methyl sites for hydroxylation is 1. The van der Waals surface area contributed by atoms with Crippen molar-refractivity contribution in [3.63, 3.8) is 0 Å². The summed E-state index contributed by atoms with van der Waals surface area (Å²) < 4.78 is 28.4. The maximum absolute atomic E-state index is 13.8. The number of hydrogen-bond donors (Lipinski definition) is 1. The smallest absolute Gasteiger partial charge is 0.264 e. The molecule has 0 saturated carbocycles. The summed E-state index contributed by atoms with van der Waals surface area (Å²) in [6.07, 6.45) is 0.741. The van der Waals surface area contributed by atoms with Crippen molar-refractivity contribution in [1.29, 1.82) is 0 Å². The quantitative estimate of drug-likeness (QED) is 0.330. The van der Waals surface area contributed by atoms with Gasteiger partial charge in [0.05, 0.1) is 20.6 Å². The SMILES string of the molecule is CCCNC(=O)[C@H](C)N(Cc1ccc(C)cc1)C(=O)CN(c1ccc(Cl)c(Cl)c1)S(=O)(=O)c1ccccc1. The van der Waals surface area contributed by atoms with Crippen molar-refractivity contribution in [3.8, 4) is 0 Å². The van der Waals surface area contributed by atoms with Gasteiger partial charge in [0, 0.05) is 13.1 Å². The number of rotatable bonds is 11. The van der Waals surface area contributed by atoms with Gasteiger partial charge in [-0.25, -0.2) is 8.42 Å². The van der Waals surface area contributed by atoms with Gasteiger partial charge in [0.2, 0.25) is 11.8 Å². The molecule has 10 heteroatoms. The number of carbonyl (C=O) groups excluding carboxylic acids is 2. The molecule has 0 spiro atoms. The molecule has 3 aromatic carbocycles. The molecule has 2 amide bonds. The van der Waals surface area contributed by atoms with E-state index in [4.69, 9.17) is 23.2 Å². The normalized spacial score (nSPS) is 12.0. The highest BCUT2D eigenvalue weighted by Gasteiger charge is 2.32. The van der Waals surface area contributed by atoms with Crippen molar-refractivity contribution in [2.45, 2.75) is 44.7 Å². The predicted octanol–water partition coefficient (Wildman–Crippen LogP) is 5.44. The Bertz CT molecular complexity index is 1370. The minimum atomic E-state index is -4.17. The lowest BCUT2D eigenvalue weighted by atomic mass is 10.1. The molecule has 0 aliphatic rings. The van der Waals surface area contributed by atoms with E-state index in [1.165, 1.54) is 35.2 Å². The first-order chi connectivity index (χ1) is 18.0. The third-order valence-electron chi connectivity index (χ3n) is 5.99. The third kappa shape index (κ3) is 7.28. The Labute approximate surface area is 234 Å². The standard InChI is InChI=1S/C28H31Cl2N3O4S/c1-4-16-31-28(35)21(3)32(18-22-12-10-20(2)11-13-22)27(34)19-33(23-14-15-25(29)26(30)17-23)38(36,37)24-8-6-5-7-9-24/h5-15,17,21H,4,16,18-19H2,1-3H3,(H,31,35)/t21-/m0/s1. The molecule has 7 nitrogen and oxygen atoms in total. The first-order valence-electron chi connectivity index (χ1n) is 12.2. The highest BCUT2D eigenvalue weighted by molar-refractivity contribution is 7.92. The van der Waals surface area contributed by atoms with E-state index >= 15 is 0 Å². The van der Waals surface area contributed by atoms with Gasteiger partial charge in [0.1, 0.15) is 12.6 Å². The Morgan fingerprint density at radius 2 is 1.61 bits per heavy atom. The van der Waals surface area contributed by atoms with Crippen molar-refractivity contribution in [1.82, 2.24) is 10.2 Å². The maximum Gasteiger partial charge on any atom is 0.264 e. The van der Waals surface area contributed by atoms with Crippen LogP contribution in [-0.2, 0) is 26.2 Å². The number of halogens is 2. The number of nitrogens with one attached hydrogen (secondary N) is 1. The van der Waals surface area contributed by atoms with Crippen LogP contribution >= 0.6 is 23.2 Å². The van der Waals surface area contributed by atoms with E-state index in [2.05, 4.69) is 5.32 Å². The van der Waals surface area contributed by atoms with Gasteiger partial charge in [-0.2, -0.15) is 0 Å². The summed E-state index contributed by atoms with van der Waals surface area (Å²) in [7, 11) is -4.17. The molecule has 3 aromatic rings. The van der Waals surface area contributed by atoms with Crippen LogP contribution in [0.15, 0.2) is 77.7 Å². The Balaban J connectivity index is 2.02. The zero-order valence-corrected chi connectivity index (χ0v) is 23.9.